The topological polar surface area (TPSA) is 12.5 Å². The number of rotatable bonds is 3. The molecule has 0 unspecified atom stereocenters. The second-order valence-electron chi connectivity index (χ2n) is 3.60. The lowest BCUT2D eigenvalue weighted by molar-refractivity contribution is 0.416. The molecular weight excluding hydrogens is 234 g/mol. The lowest BCUT2D eigenvalue weighted by atomic mass is 10.2. The molecule has 2 rings (SSSR count). The third-order valence-corrected chi connectivity index (χ3v) is 2.87. The number of halogens is 1. The number of methoxy groups -OCH3 is 1. The zero-order chi connectivity index (χ0) is 12.3. The Kier molecular flexibility index (Phi) is 3.55. The number of hydrogen-bond donors (Lipinski definition) is 0. The van der Waals surface area contributed by atoms with E-state index in [-0.39, 0.29) is 0 Å². The van der Waals surface area contributed by atoms with Crippen LogP contribution in [0.5, 0.6) is 5.75 Å². The van der Waals surface area contributed by atoms with E-state index in [1.165, 1.54) is 0 Å². The maximum Gasteiger partial charge on any atom is 0.161 e. The largest absolute Gasteiger partial charge is 0.493 e. The molecule has 0 saturated carbocycles. The third-order valence-electron chi connectivity index (χ3n) is 2.59. The molecule has 0 aliphatic carbocycles. The molecule has 1 radical (unpaired) electrons. The number of hydrogen-bond acceptors (Lipinski definition) is 2. The van der Waals surface area contributed by atoms with Crippen molar-refractivity contribution in [1.29, 1.82) is 0 Å². The molecule has 0 aliphatic heterocycles. The molecule has 0 saturated heterocycles. The fourth-order valence-electron chi connectivity index (χ4n) is 1.70. The molecule has 0 atom stereocenters. The number of para-hydroxylation sites is 1. The van der Waals surface area contributed by atoms with E-state index in [2.05, 4.69) is 6.07 Å². The van der Waals surface area contributed by atoms with Gasteiger partial charge in [-0.05, 0) is 18.2 Å². The maximum absolute atomic E-state index is 6.05. The summed E-state index contributed by atoms with van der Waals surface area (Å²) in [7, 11) is 3.58. The van der Waals surface area contributed by atoms with Crippen molar-refractivity contribution in [2.24, 2.45) is 0 Å². The summed E-state index contributed by atoms with van der Waals surface area (Å²) in [5.74, 6) is 0.639. The van der Waals surface area contributed by atoms with Crippen LogP contribution in [0, 0.1) is 6.07 Å². The van der Waals surface area contributed by atoms with Gasteiger partial charge in [-0.1, -0.05) is 35.9 Å². The fraction of sp³-hybridized carbons (Fsp3) is 0.143. The van der Waals surface area contributed by atoms with Gasteiger partial charge >= 0.3 is 0 Å². The Morgan fingerprint density at radius 3 is 2.53 bits per heavy atom. The van der Waals surface area contributed by atoms with Crippen LogP contribution in [0.3, 0.4) is 0 Å². The zero-order valence-electron chi connectivity index (χ0n) is 9.77. The van der Waals surface area contributed by atoms with E-state index in [1.807, 2.05) is 48.3 Å². The van der Waals surface area contributed by atoms with Crippen molar-refractivity contribution >= 4 is 23.0 Å². The molecule has 0 spiro atoms. The Hall–Kier alpha value is -1.67. The highest BCUT2D eigenvalue weighted by Gasteiger charge is 2.12. The molecule has 0 amide bonds. The average molecular weight is 247 g/mol. The summed E-state index contributed by atoms with van der Waals surface area (Å²) in [6.45, 7) is 0. The van der Waals surface area contributed by atoms with Gasteiger partial charge in [0.05, 0.1) is 17.8 Å². The Morgan fingerprint density at radius 2 is 1.88 bits per heavy atom. The van der Waals surface area contributed by atoms with E-state index in [1.54, 1.807) is 13.2 Å². The Bertz CT molecular complexity index is 499. The number of anilines is 2. The minimum atomic E-state index is 0.493. The van der Waals surface area contributed by atoms with Crippen LogP contribution in [0.2, 0.25) is 5.02 Å². The minimum absolute atomic E-state index is 0.493. The first-order valence-corrected chi connectivity index (χ1v) is 5.65. The van der Waals surface area contributed by atoms with Gasteiger partial charge in [0.1, 0.15) is 0 Å². The summed E-state index contributed by atoms with van der Waals surface area (Å²) >= 11 is 6.05. The molecule has 0 fully saturated rings. The monoisotopic (exact) mass is 246 g/mol. The van der Waals surface area contributed by atoms with Crippen molar-refractivity contribution < 1.29 is 4.74 Å². The fourth-order valence-corrected chi connectivity index (χ4v) is 1.93. The molecular formula is C14H13ClNO. The lowest BCUT2D eigenvalue weighted by Crippen LogP contribution is -2.10. The van der Waals surface area contributed by atoms with Crippen molar-refractivity contribution in [2.45, 2.75) is 0 Å². The normalized spacial score (nSPS) is 10.1. The van der Waals surface area contributed by atoms with E-state index in [4.69, 9.17) is 16.3 Å². The first-order valence-electron chi connectivity index (χ1n) is 5.27. The van der Waals surface area contributed by atoms with Crippen molar-refractivity contribution in [3.05, 3.63) is 53.6 Å². The van der Waals surface area contributed by atoms with Crippen LogP contribution in [0.4, 0.5) is 11.4 Å². The molecule has 17 heavy (non-hydrogen) atoms. The SMILES string of the molecule is COc1c(Cl)[c]ccc1N(C)c1ccccc1. The van der Waals surface area contributed by atoms with Crippen LogP contribution < -0.4 is 9.64 Å². The van der Waals surface area contributed by atoms with E-state index in [0.717, 1.165) is 11.4 Å². The summed E-state index contributed by atoms with van der Waals surface area (Å²) in [4.78, 5) is 2.03. The standard InChI is InChI=1S/C14H13ClNO/c1-16(11-7-4-3-5-8-11)13-10-6-9-12(15)14(13)17-2/h3-8,10H,1-2H3. The Morgan fingerprint density at radius 1 is 1.18 bits per heavy atom. The van der Waals surface area contributed by atoms with Crippen LogP contribution in [-0.2, 0) is 0 Å². The van der Waals surface area contributed by atoms with Crippen molar-refractivity contribution in [2.75, 3.05) is 19.1 Å². The van der Waals surface area contributed by atoms with Gasteiger partial charge in [0, 0.05) is 18.8 Å². The second kappa shape index (κ2) is 5.11. The number of nitrogens with zero attached hydrogens (tertiary/aromatic N) is 1. The van der Waals surface area contributed by atoms with Gasteiger partial charge in [-0.25, -0.2) is 0 Å². The molecule has 0 aliphatic rings. The van der Waals surface area contributed by atoms with Crippen molar-refractivity contribution in [3.63, 3.8) is 0 Å². The van der Waals surface area contributed by atoms with E-state index in [0.29, 0.717) is 10.8 Å². The predicted molar refractivity (Wildman–Crippen MR) is 71.3 cm³/mol. The molecule has 87 valence electrons. The van der Waals surface area contributed by atoms with Gasteiger partial charge < -0.3 is 9.64 Å². The summed E-state index contributed by atoms with van der Waals surface area (Å²) < 4.78 is 5.31. The predicted octanol–water partition coefficient (Wildman–Crippen LogP) is 3.92. The highest BCUT2D eigenvalue weighted by molar-refractivity contribution is 6.32. The first-order chi connectivity index (χ1) is 8.24. The van der Waals surface area contributed by atoms with Gasteiger partial charge in [-0.2, -0.15) is 0 Å². The van der Waals surface area contributed by atoms with Gasteiger partial charge in [0.15, 0.2) is 5.75 Å². The molecule has 0 bridgehead atoms. The van der Waals surface area contributed by atoms with E-state index < -0.39 is 0 Å². The minimum Gasteiger partial charge on any atom is -0.493 e. The summed E-state index contributed by atoms with van der Waals surface area (Å²) in [5, 5.41) is 0.493. The third kappa shape index (κ3) is 2.37. The Balaban J connectivity index is 2.44. The quantitative estimate of drug-likeness (QED) is 0.814. The first kappa shape index (κ1) is 11.8. The van der Waals surface area contributed by atoms with Crippen LogP contribution in [0.1, 0.15) is 0 Å². The van der Waals surface area contributed by atoms with Crippen LogP contribution in [0.25, 0.3) is 0 Å². The molecule has 0 aromatic heterocycles. The summed E-state index contributed by atoms with van der Waals surface area (Å²) in [6, 6.07) is 16.7. The van der Waals surface area contributed by atoms with Gasteiger partial charge in [0.2, 0.25) is 0 Å². The molecule has 2 aromatic rings. The maximum atomic E-state index is 6.05. The number of benzene rings is 2. The highest BCUT2D eigenvalue weighted by atomic mass is 35.5. The molecule has 2 aromatic carbocycles. The summed E-state index contributed by atoms with van der Waals surface area (Å²) in [5.41, 5.74) is 2.00. The molecule has 2 nitrogen and oxygen atoms in total. The van der Waals surface area contributed by atoms with Gasteiger partial charge in [-0.15, -0.1) is 0 Å². The van der Waals surface area contributed by atoms with E-state index in [9.17, 15) is 0 Å². The van der Waals surface area contributed by atoms with Crippen LogP contribution in [-0.4, -0.2) is 14.2 Å². The van der Waals surface area contributed by atoms with Crippen LogP contribution >= 0.6 is 11.6 Å². The number of ether oxygens (including phenoxy) is 1. The van der Waals surface area contributed by atoms with Gasteiger partial charge in [0.25, 0.3) is 0 Å². The summed E-state index contributed by atoms with van der Waals surface area (Å²) in [6.07, 6.45) is 0. The van der Waals surface area contributed by atoms with E-state index >= 15 is 0 Å². The van der Waals surface area contributed by atoms with Gasteiger partial charge in [-0.3, -0.25) is 0 Å². The molecule has 0 N–H and O–H groups in total. The lowest BCUT2D eigenvalue weighted by Gasteiger charge is -2.22. The van der Waals surface area contributed by atoms with Crippen molar-refractivity contribution in [3.8, 4) is 5.75 Å². The molecule has 0 heterocycles. The second-order valence-corrected chi connectivity index (χ2v) is 3.98. The Labute approximate surface area is 106 Å². The van der Waals surface area contributed by atoms with Crippen molar-refractivity contribution in [1.82, 2.24) is 0 Å². The highest BCUT2D eigenvalue weighted by Crippen LogP contribution is 2.37. The smallest absolute Gasteiger partial charge is 0.161 e. The zero-order valence-corrected chi connectivity index (χ0v) is 10.5. The molecule has 3 heteroatoms. The van der Waals surface area contributed by atoms with Crippen LogP contribution in [0.15, 0.2) is 42.5 Å². The average Bonchev–Trinajstić information content (AvgIpc) is 2.38.